The summed E-state index contributed by atoms with van der Waals surface area (Å²) >= 11 is 0. The number of carboxylic acids is 1. The van der Waals surface area contributed by atoms with Gasteiger partial charge in [-0.15, -0.1) is 0 Å². The van der Waals surface area contributed by atoms with E-state index in [4.69, 9.17) is 0 Å². The number of hydrogen-bond acceptors (Lipinski definition) is 5. The molecule has 2 aliphatic heterocycles. The molecule has 0 aliphatic carbocycles. The number of β-lactam (4-membered cyclic amide) rings is 1. The number of quaternary nitrogens is 1. The van der Waals surface area contributed by atoms with Crippen molar-refractivity contribution in [3.63, 3.8) is 0 Å². The maximum Gasteiger partial charge on any atom is 0.283 e. The highest BCUT2D eigenvalue weighted by atomic mass is 32.2. The summed E-state index contributed by atoms with van der Waals surface area (Å²) in [5.74, 6) is -2.49. The standard InChI is InChI=1S/C16H19N3O5S/c1-16(2)11(15(22)23)19-13(21)10(14(19)25(16)24)18-12(20)9(17)8-6-4-3-5-7-8/h3-7,9-11,14H,17H2,1-2H3,(H,18,20)(H,22,23)/t9-,10-,11-,14+,25-/m1/s1. The molecule has 2 amide bonds. The van der Waals surface area contributed by atoms with Crippen molar-refractivity contribution < 1.29 is 29.4 Å². The van der Waals surface area contributed by atoms with Crippen molar-refractivity contribution in [1.29, 1.82) is 0 Å². The second kappa shape index (κ2) is 5.92. The van der Waals surface area contributed by atoms with E-state index in [1.807, 2.05) is 6.07 Å². The zero-order valence-corrected chi connectivity index (χ0v) is 14.6. The first-order valence-corrected chi connectivity index (χ1v) is 9.01. The minimum absolute atomic E-state index is 0.476. The number of benzene rings is 1. The normalized spacial score (nSPS) is 31.0. The molecule has 0 radical (unpaired) electrons. The lowest BCUT2D eigenvalue weighted by molar-refractivity contribution is -0.409. The number of fused-ring (bicyclic) bond motifs is 1. The van der Waals surface area contributed by atoms with Gasteiger partial charge in [0, 0.05) is 5.56 Å². The molecule has 5 atom stereocenters. The van der Waals surface area contributed by atoms with Crippen LogP contribution in [0.5, 0.6) is 0 Å². The van der Waals surface area contributed by atoms with Crippen LogP contribution in [0.4, 0.5) is 0 Å². The number of nitrogens with zero attached hydrogens (tertiary/aromatic N) is 1. The number of hydrogen-bond donors (Lipinski definition) is 2. The molecule has 9 heteroatoms. The van der Waals surface area contributed by atoms with Gasteiger partial charge in [0.1, 0.15) is 11.4 Å². The van der Waals surface area contributed by atoms with Gasteiger partial charge in [-0.25, -0.2) is 0 Å². The number of carbonyl (C=O) groups excluding carboxylic acids is 3. The van der Waals surface area contributed by atoms with E-state index in [0.717, 1.165) is 4.90 Å². The van der Waals surface area contributed by atoms with E-state index in [1.54, 1.807) is 24.3 Å². The molecular weight excluding hydrogens is 346 g/mol. The van der Waals surface area contributed by atoms with Crippen LogP contribution in [0.3, 0.4) is 0 Å². The second-order valence-corrected chi connectivity index (χ2v) is 8.84. The highest BCUT2D eigenvalue weighted by Gasteiger charge is 2.66. The van der Waals surface area contributed by atoms with Crippen molar-refractivity contribution in [2.45, 2.75) is 42.1 Å². The minimum Gasteiger partial charge on any atom is -0.548 e. The lowest BCUT2D eigenvalue weighted by Gasteiger charge is -2.44. The summed E-state index contributed by atoms with van der Waals surface area (Å²) in [6, 6.07) is 5.83. The molecule has 1 aromatic carbocycles. The summed E-state index contributed by atoms with van der Waals surface area (Å²) in [7, 11) is -1.65. The van der Waals surface area contributed by atoms with Gasteiger partial charge in [-0.05, 0) is 13.8 Å². The van der Waals surface area contributed by atoms with Crippen molar-refractivity contribution in [2.75, 3.05) is 0 Å². The van der Waals surface area contributed by atoms with Crippen LogP contribution in [-0.2, 0) is 25.2 Å². The Labute approximate surface area is 146 Å². The zero-order chi connectivity index (χ0) is 18.5. The maximum absolute atomic E-state index is 12.6. The van der Waals surface area contributed by atoms with Crippen LogP contribution in [0.25, 0.3) is 0 Å². The Kier molecular flexibility index (Phi) is 4.16. The molecule has 2 saturated heterocycles. The highest BCUT2D eigenvalue weighted by Crippen LogP contribution is 2.43. The van der Waals surface area contributed by atoms with E-state index in [1.165, 1.54) is 13.8 Å². The van der Waals surface area contributed by atoms with Gasteiger partial charge >= 0.3 is 0 Å². The zero-order valence-electron chi connectivity index (χ0n) is 13.8. The summed E-state index contributed by atoms with van der Waals surface area (Å²) in [6.45, 7) is 3.03. The number of amides is 2. The third-order valence-corrected chi connectivity index (χ3v) is 6.99. The van der Waals surface area contributed by atoms with Crippen molar-refractivity contribution in [3.05, 3.63) is 35.9 Å². The molecule has 0 spiro atoms. The SMILES string of the molecule is CC1(C)[C@@H](C(=O)[O-])N2C(=O)[C@@H](NC(=O)[C@H]([NH3+])c3ccccc3)[C@@H]2[S@]1=O. The predicted molar refractivity (Wildman–Crippen MR) is 85.7 cm³/mol. The number of carbonyl (C=O) groups is 3. The average Bonchev–Trinajstić information content (AvgIpc) is 2.77. The Bertz CT molecular complexity index is 766. The van der Waals surface area contributed by atoms with Crippen LogP contribution in [-0.4, -0.2) is 49.1 Å². The Hall–Kier alpha value is -2.26. The molecule has 2 fully saturated rings. The van der Waals surface area contributed by atoms with Gasteiger partial charge in [-0.3, -0.25) is 13.8 Å². The van der Waals surface area contributed by atoms with Crippen molar-refractivity contribution in [1.82, 2.24) is 10.2 Å². The molecule has 3 rings (SSSR count). The molecule has 2 aliphatic rings. The fourth-order valence-electron chi connectivity index (χ4n) is 3.36. The lowest BCUT2D eigenvalue weighted by Crippen LogP contribution is -2.74. The average molecular weight is 365 g/mol. The first-order valence-electron chi connectivity index (χ1n) is 7.80. The molecule has 134 valence electrons. The molecule has 0 unspecified atom stereocenters. The molecule has 8 nitrogen and oxygen atoms in total. The van der Waals surface area contributed by atoms with Gasteiger partial charge in [0.15, 0.2) is 6.04 Å². The Balaban J connectivity index is 1.78. The maximum atomic E-state index is 12.6. The summed E-state index contributed by atoms with van der Waals surface area (Å²) in [5, 5.41) is 13.1. The third kappa shape index (κ3) is 2.54. The topological polar surface area (TPSA) is 134 Å². The van der Waals surface area contributed by atoms with E-state index in [-0.39, 0.29) is 0 Å². The Morgan fingerprint density at radius 1 is 1.32 bits per heavy atom. The Morgan fingerprint density at radius 3 is 2.48 bits per heavy atom. The molecule has 0 saturated carbocycles. The largest absolute Gasteiger partial charge is 0.548 e. The molecule has 2 heterocycles. The molecule has 4 N–H and O–H groups in total. The van der Waals surface area contributed by atoms with Crippen LogP contribution in [0, 0.1) is 0 Å². The Morgan fingerprint density at radius 2 is 1.92 bits per heavy atom. The number of rotatable bonds is 4. The molecule has 25 heavy (non-hydrogen) atoms. The molecule has 1 aromatic rings. The second-order valence-electron chi connectivity index (χ2n) is 6.71. The molecular formula is C16H19N3O5S. The van der Waals surface area contributed by atoms with E-state index in [0.29, 0.717) is 5.56 Å². The molecule has 0 bridgehead atoms. The van der Waals surface area contributed by atoms with E-state index < -0.39 is 56.8 Å². The quantitative estimate of drug-likeness (QED) is 0.559. The number of aliphatic carboxylic acids is 1. The predicted octanol–water partition coefficient (Wildman–Crippen LogP) is -2.72. The highest BCUT2D eigenvalue weighted by molar-refractivity contribution is 7.87. The fraction of sp³-hybridized carbons (Fsp3) is 0.438. The van der Waals surface area contributed by atoms with Crippen molar-refractivity contribution >= 4 is 28.6 Å². The van der Waals surface area contributed by atoms with Crippen molar-refractivity contribution in [3.8, 4) is 0 Å². The van der Waals surface area contributed by atoms with Gasteiger partial charge in [-0.2, -0.15) is 0 Å². The first-order chi connectivity index (χ1) is 11.7. The smallest absolute Gasteiger partial charge is 0.283 e. The number of carboxylic acid groups (broad SMARTS) is 1. The fourth-order valence-corrected chi connectivity index (χ4v) is 5.28. The van der Waals surface area contributed by atoms with Crippen LogP contribution >= 0.6 is 0 Å². The lowest BCUT2D eigenvalue weighted by atomic mass is 9.95. The summed E-state index contributed by atoms with van der Waals surface area (Å²) in [5.41, 5.74) is 4.49. The summed E-state index contributed by atoms with van der Waals surface area (Å²) in [6.07, 6.45) is 0. The molecule has 0 aromatic heterocycles. The van der Waals surface area contributed by atoms with Crippen LogP contribution < -0.4 is 16.2 Å². The van der Waals surface area contributed by atoms with Gasteiger partial charge in [-0.1, -0.05) is 30.3 Å². The van der Waals surface area contributed by atoms with Gasteiger partial charge in [0.05, 0.1) is 27.6 Å². The summed E-state index contributed by atoms with van der Waals surface area (Å²) < 4.78 is 11.5. The monoisotopic (exact) mass is 365 g/mol. The van der Waals surface area contributed by atoms with E-state index in [2.05, 4.69) is 11.1 Å². The van der Waals surface area contributed by atoms with Crippen LogP contribution in [0.1, 0.15) is 25.5 Å². The third-order valence-electron chi connectivity index (χ3n) is 4.79. The summed E-state index contributed by atoms with van der Waals surface area (Å²) in [4.78, 5) is 37.2. The minimum atomic E-state index is -1.65. The van der Waals surface area contributed by atoms with Crippen LogP contribution in [0.2, 0.25) is 0 Å². The van der Waals surface area contributed by atoms with Crippen molar-refractivity contribution in [2.24, 2.45) is 0 Å². The van der Waals surface area contributed by atoms with E-state index in [9.17, 15) is 23.7 Å². The van der Waals surface area contributed by atoms with E-state index >= 15 is 0 Å². The van der Waals surface area contributed by atoms with Gasteiger partial charge in [0.25, 0.3) is 5.91 Å². The van der Waals surface area contributed by atoms with Gasteiger partial charge in [0.2, 0.25) is 5.91 Å². The van der Waals surface area contributed by atoms with Gasteiger partial charge < -0.3 is 25.9 Å². The van der Waals surface area contributed by atoms with Crippen LogP contribution in [0.15, 0.2) is 30.3 Å². The first kappa shape index (κ1) is 17.6. The number of nitrogens with one attached hydrogen (secondary N) is 1.